The molecule has 0 aliphatic carbocycles. The maximum Gasteiger partial charge on any atom is 0.338 e. The maximum absolute atomic E-state index is 13.5. The molecule has 0 atom stereocenters. The van der Waals surface area contributed by atoms with Crippen molar-refractivity contribution in [1.82, 2.24) is 0 Å². The summed E-state index contributed by atoms with van der Waals surface area (Å²) in [6.07, 6.45) is 0. The lowest BCUT2D eigenvalue weighted by Crippen LogP contribution is -2.02. The molecule has 0 fully saturated rings. The van der Waals surface area contributed by atoms with Crippen LogP contribution in [0.25, 0.3) is 0 Å². The smallest absolute Gasteiger partial charge is 0.338 e. The Morgan fingerprint density at radius 3 is 2.60 bits per heavy atom. The molecule has 3 nitrogen and oxygen atoms in total. The molecule has 104 valence electrons. The highest BCUT2D eigenvalue weighted by atomic mass is 19.1. The van der Waals surface area contributed by atoms with Crippen molar-refractivity contribution >= 4 is 5.97 Å². The van der Waals surface area contributed by atoms with Gasteiger partial charge < -0.3 is 9.84 Å². The summed E-state index contributed by atoms with van der Waals surface area (Å²) in [5, 5.41) is 8.75. The molecule has 0 heterocycles. The van der Waals surface area contributed by atoms with E-state index < -0.39 is 11.8 Å². The number of ether oxygens (including phenoxy) is 1. The molecular weight excluding hydrogens is 259 g/mol. The first-order chi connectivity index (χ1) is 9.47. The van der Waals surface area contributed by atoms with Crippen LogP contribution in [0, 0.1) is 19.7 Å². The molecule has 0 saturated carbocycles. The van der Waals surface area contributed by atoms with Gasteiger partial charge in [0.2, 0.25) is 0 Å². The summed E-state index contributed by atoms with van der Waals surface area (Å²) in [6.45, 7) is 4.29. The Balaban J connectivity index is 2.13. The van der Waals surface area contributed by atoms with Gasteiger partial charge in [-0.25, -0.2) is 9.18 Å². The minimum absolute atomic E-state index is 0.313. The van der Waals surface area contributed by atoms with Crippen LogP contribution in [0.15, 0.2) is 36.4 Å². The fourth-order valence-electron chi connectivity index (χ4n) is 1.88. The van der Waals surface area contributed by atoms with Gasteiger partial charge in [-0.15, -0.1) is 0 Å². The van der Waals surface area contributed by atoms with Gasteiger partial charge in [0.25, 0.3) is 0 Å². The highest BCUT2D eigenvalue weighted by molar-refractivity contribution is 5.88. The van der Waals surface area contributed by atoms with Crippen LogP contribution in [0.2, 0.25) is 0 Å². The molecule has 0 amide bonds. The third kappa shape index (κ3) is 3.15. The molecule has 0 aliphatic heterocycles. The van der Waals surface area contributed by atoms with Crippen LogP contribution in [-0.4, -0.2) is 11.1 Å². The van der Waals surface area contributed by atoms with Crippen LogP contribution in [0.5, 0.6) is 5.75 Å². The summed E-state index contributed by atoms with van der Waals surface area (Å²) in [5.41, 5.74) is 2.89. The van der Waals surface area contributed by atoms with Crippen molar-refractivity contribution in [2.45, 2.75) is 20.5 Å². The molecule has 0 aliphatic rings. The number of aromatic carboxylic acids is 1. The van der Waals surface area contributed by atoms with Crippen LogP contribution in [0.1, 0.15) is 27.0 Å². The molecule has 2 aromatic carbocycles. The van der Waals surface area contributed by atoms with Gasteiger partial charge in [0, 0.05) is 6.07 Å². The lowest BCUT2D eigenvalue weighted by Gasteiger charge is -2.10. The summed E-state index contributed by atoms with van der Waals surface area (Å²) >= 11 is 0. The van der Waals surface area contributed by atoms with Crippen molar-refractivity contribution in [1.29, 1.82) is 0 Å². The van der Waals surface area contributed by atoms with Crippen LogP contribution < -0.4 is 4.74 Å². The second-order valence-electron chi connectivity index (χ2n) is 4.67. The Labute approximate surface area is 116 Å². The van der Waals surface area contributed by atoms with Gasteiger partial charge >= 0.3 is 5.97 Å². The van der Waals surface area contributed by atoms with E-state index in [0.717, 1.165) is 22.8 Å². The second-order valence-corrected chi connectivity index (χ2v) is 4.67. The largest absolute Gasteiger partial charge is 0.489 e. The Morgan fingerprint density at radius 2 is 1.95 bits per heavy atom. The molecule has 0 radical (unpaired) electrons. The van der Waals surface area contributed by atoms with E-state index in [1.807, 2.05) is 32.0 Å². The molecule has 2 rings (SSSR count). The Bertz CT molecular complexity index is 650. The second kappa shape index (κ2) is 5.74. The molecule has 0 aromatic heterocycles. The standard InChI is InChI=1S/C16H15FO3/c1-10-3-4-11(2)12(7-10)9-20-13-5-6-14(16(18)19)15(17)8-13/h3-8H,9H2,1-2H3,(H,18,19). The summed E-state index contributed by atoms with van der Waals surface area (Å²) < 4.78 is 19.0. The van der Waals surface area contributed by atoms with Crippen molar-refractivity contribution in [3.05, 3.63) is 64.5 Å². The number of benzene rings is 2. The predicted octanol–water partition coefficient (Wildman–Crippen LogP) is 3.72. The number of aryl methyl sites for hydroxylation is 2. The van der Waals surface area contributed by atoms with Gasteiger partial charge in [0.05, 0.1) is 5.56 Å². The highest BCUT2D eigenvalue weighted by Gasteiger charge is 2.11. The lowest BCUT2D eigenvalue weighted by atomic mass is 10.1. The Morgan fingerprint density at radius 1 is 1.20 bits per heavy atom. The van der Waals surface area contributed by atoms with E-state index in [-0.39, 0.29) is 5.56 Å². The topological polar surface area (TPSA) is 46.5 Å². The van der Waals surface area contributed by atoms with Crippen LogP contribution in [0.4, 0.5) is 4.39 Å². The van der Waals surface area contributed by atoms with Gasteiger partial charge in [0.15, 0.2) is 0 Å². The molecule has 0 saturated heterocycles. The fourth-order valence-corrected chi connectivity index (χ4v) is 1.88. The molecule has 0 unspecified atom stereocenters. The monoisotopic (exact) mass is 274 g/mol. The predicted molar refractivity (Wildman–Crippen MR) is 73.6 cm³/mol. The number of carboxylic acid groups (broad SMARTS) is 1. The van der Waals surface area contributed by atoms with Crippen LogP contribution in [-0.2, 0) is 6.61 Å². The summed E-state index contributed by atoms with van der Waals surface area (Å²) in [5.74, 6) is -1.77. The zero-order chi connectivity index (χ0) is 14.7. The first kappa shape index (κ1) is 14.1. The van der Waals surface area contributed by atoms with Gasteiger partial charge in [-0.3, -0.25) is 0 Å². The minimum atomic E-state index is -1.29. The molecule has 4 heteroatoms. The van der Waals surface area contributed by atoms with E-state index in [9.17, 15) is 9.18 Å². The highest BCUT2D eigenvalue weighted by Crippen LogP contribution is 2.19. The third-order valence-electron chi connectivity index (χ3n) is 3.07. The van der Waals surface area contributed by atoms with Crippen molar-refractivity contribution in [3.8, 4) is 5.75 Å². The van der Waals surface area contributed by atoms with Crippen molar-refractivity contribution in [2.75, 3.05) is 0 Å². The zero-order valence-electron chi connectivity index (χ0n) is 11.3. The molecule has 0 bridgehead atoms. The third-order valence-corrected chi connectivity index (χ3v) is 3.07. The van der Waals surface area contributed by atoms with Crippen LogP contribution >= 0.6 is 0 Å². The van der Waals surface area contributed by atoms with Crippen molar-refractivity contribution < 1.29 is 19.0 Å². The first-order valence-corrected chi connectivity index (χ1v) is 6.19. The van der Waals surface area contributed by atoms with E-state index in [2.05, 4.69) is 0 Å². The van der Waals surface area contributed by atoms with Crippen molar-refractivity contribution in [2.24, 2.45) is 0 Å². The van der Waals surface area contributed by atoms with Gasteiger partial charge in [-0.1, -0.05) is 23.8 Å². The van der Waals surface area contributed by atoms with Gasteiger partial charge in [0.1, 0.15) is 18.2 Å². The molecule has 1 N–H and O–H groups in total. The number of carboxylic acids is 1. The first-order valence-electron chi connectivity index (χ1n) is 6.19. The summed E-state index contributed by atoms with van der Waals surface area (Å²) in [7, 11) is 0. The Hall–Kier alpha value is -2.36. The zero-order valence-corrected chi connectivity index (χ0v) is 11.3. The SMILES string of the molecule is Cc1ccc(C)c(COc2ccc(C(=O)O)c(F)c2)c1. The molecule has 0 spiro atoms. The maximum atomic E-state index is 13.5. The lowest BCUT2D eigenvalue weighted by molar-refractivity contribution is 0.0692. The molecular formula is C16H15FO3. The minimum Gasteiger partial charge on any atom is -0.489 e. The summed E-state index contributed by atoms with van der Waals surface area (Å²) in [6, 6.07) is 9.78. The Kier molecular flexibility index (Phi) is 4.03. The normalized spacial score (nSPS) is 10.3. The number of hydrogen-bond donors (Lipinski definition) is 1. The molecule has 20 heavy (non-hydrogen) atoms. The number of halogens is 1. The number of hydrogen-bond acceptors (Lipinski definition) is 2. The molecule has 2 aromatic rings. The van der Waals surface area contributed by atoms with E-state index in [1.165, 1.54) is 12.1 Å². The number of carbonyl (C=O) groups is 1. The van der Waals surface area contributed by atoms with Gasteiger partial charge in [-0.2, -0.15) is 0 Å². The van der Waals surface area contributed by atoms with E-state index in [4.69, 9.17) is 9.84 Å². The average molecular weight is 274 g/mol. The van der Waals surface area contributed by atoms with Crippen molar-refractivity contribution in [3.63, 3.8) is 0 Å². The quantitative estimate of drug-likeness (QED) is 0.924. The fraction of sp³-hybridized carbons (Fsp3) is 0.188. The van der Waals surface area contributed by atoms with Crippen LogP contribution in [0.3, 0.4) is 0 Å². The van der Waals surface area contributed by atoms with Gasteiger partial charge in [-0.05, 0) is 37.1 Å². The summed E-state index contributed by atoms with van der Waals surface area (Å²) in [4.78, 5) is 10.7. The number of rotatable bonds is 4. The van der Waals surface area contributed by atoms with E-state index in [1.54, 1.807) is 0 Å². The van der Waals surface area contributed by atoms with E-state index in [0.29, 0.717) is 12.4 Å². The van der Waals surface area contributed by atoms with E-state index >= 15 is 0 Å². The average Bonchev–Trinajstić information content (AvgIpc) is 2.39.